The molecule has 1 aromatic heterocycles. The number of nitrogens with zero attached hydrogens (tertiary/aromatic N) is 1. The Hall–Kier alpha value is -1.88. The number of hydrogen-bond acceptors (Lipinski definition) is 5. The summed E-state index contributed by atoms with van der Waals surface area (Å²) in [6.45, 7) is 3.04. The van der Waals surface area contributed by atoms with Crippen molar-refractivity contribution in [2.75, 3.05) is 6.61 Å². The van der Waals surface area contributed by atoms with Crippen molar-refractivity contribution in [1.29, 1.82) is 0 Å². The molecule has 4 nitrogen and oxygen atoms in total. The van der Waals surface area contributed by atoms with Gasteiger partial charge in [-0.2, -0.15) is 0 Å². The monoisotopic (exact) mass is 277 g/mol. The van der Waals surface area contributed by atoms with Gasteiger partial charge in [0.1, 0.15) is 23.1 Å². The highest BCUT2D eigenvalue weighted by atomic mass is 32.1. The first-order valence-electron chi connectivity index (χ1n) is 6.06. The Labute approximate surface area is 116 Å². The topological polar surface area (TPSA) is 48.4 Å². The zero-order valence-corrected chi connectivity index (χ0v) is 11.5. The molecule has 0 aliphatic rings. The predicted molar refractivity (Wildman–Crippen MR) is 74.1 cm³/mol. The molecule has 0 aliphatic heterocycles. The van der Waals surface area contributed by atoms with Gasteiger partial charge in [-0.25, -0.2) is 4.98 Å². The Morgan fingerprint density at radius 3 is 2.95 bits per heavy atom. The number of rotatable bonds is 7. The summed E-state index contributed by atoms with van der Waals surface area (Å²) < 4.78 is 11.2. The van der Waals surface area contributed by atoms with Crippen LogP contribution in [0.5, 0.6) is 11.5 Å². The lowest BCUT2D eigenvalue weighted by atomic mass is 10.2. The van der Waals surface area contributed by atoms with Gasteiger partial charge in [0.25, 0.3) is 0 Å². The summed E-state index contributed by atoms with van der Waals surface area (Å²) in [7, 11) is 0. The van der Waals surface area contributed by atoms with Crippen molar-refractivity contribution in [3.05, 3.63) is 40.3 Å². The summed E-state index contributed by atoms with van der Waals surface area (Å²) in [5.74, 6) is 1.24. The first-order chi connectivity index (χ1) is 9.33. The van der Waals surface area contributed by atoms with Crippen LogP contribution in [-0.4, -0.2) is 17.9 Å². The second-order valence-corrected chi connectivity index (χ2v) is 4.86. The van der Waals surface area contributed by atoms with Gasteiger partial charge in [0.2, 0.25) is 0 Å². The van der Waals surface area contributed by atoms with E-state index in [0.717, 1.165) is 17.7 Å². The van der Waals surface area contributed by atoms with Crippen molar-refractivity contribution in [3.63, 3.8) is 0 Å². The van der Waals surface area contributed by atoms with E-state index in [1.54, 1.807) is 24.4 Å². The Morgan fingerprint density at radius 2 is 2.26 bits per heavy atom. The highest BCUT2D eigenvalue weighted by Crippen LogP contribution is 2.25. The lowest BCUT2D eigenvalue weighted by molar-refractivity contribution is 0.111. The zero-order valence-electron chi connectivity index (χ0n) is 10.7. The molecule has 0 fully saturated rings. The Bertz CT molecular complexity index is 525. The minimum absolute atomic E-state index is 0.357. The quantitative estimate of drug-likeness (QED) is 0.728. The Balaban J connectivity index is 2.09. The number of carbonyl (C=O) groups excluding carboxylic acids is 1. The molecular formula is C14H15NO3S. The third-order valence-corrected chi connectivity index (χ3v) is 3.17. The number of aromatic nitrogens is 1. The van der Waals surface area contributed by atoms with Crippen LogP contribution in [0, 0.1) is 0 Å². The number of ether oxygens (including phenoxy) is 2. The third kappa shape index (κ3) is 3.79. The molecule has 0 N–H and O–H groups in total. The van der Waals surface area contributed by atoms with Gasteiger partial charge in [-0.3, -0.25) is 4.79 Å². The molecule has 100 valence electrons. The summed E-state index contributed by atoms with van der Waals surface area (Å²) in [6.07, 6.45) is 3.44. The average Bonchev–Trinajstić information content (AvgIpc) is 2.96. The fourth-order valence-corrected chi connectivity index (χ4v) is 2.04. The van der Waals surface area contributed by atoms with Crippen molar-refractivity contribution in [2.24, 2.45) is 0 Å². The first-order valence-corrected chi connectivity index (χ1v) is 6.94. The minimum Gasteiger partial charge on any atom is -0.493 e. The molecule has 2 aromatic rings. The van der Waals surface area contributed by atoms with E-state index in [-0.39, 0.29) is 0 Å². The highest BCUT2D eigenvalue weighted by molar-refractivity contribution is 7.09. The number of hydrogen-bond donors (Lipinski definition) is 0. The number of benzene rings is 1. The smallest absolute Gasteiger partial charge is 0.153 e. The average molecular weight is 277 g/mol. The van der Waals surface area contributed by atoms with Crippen LogP contribution in [-0.2, 0) is 6.61 Å². The summed E-state index contributed by atoms with van der Waals surface area (Å²) in [4.78, 5) is 15.1. The van der Waals surface area contributed by atoms with Gasteiger partial charge in [0.15, 0.2) is 6.29 Å². The van der Waals surface area contributed by atoms with E-state index in [0.29, 0.717) is 30.3 Å². The van der Waals surface area contributed by atoms with Crippen molar-refractivity contribution in [1.82, 2.24) is 4.98 Å². The van der Waals surface area contributed by atoms with E-state index < -0.39 is 0 Å². The molecule has 0 saturated heterocycles. The third-order valence-electron chi connectivity index (χ3n) is 2.42. The van der Waals surface area contributed by atoms with Crippen LogP contribution in [0.1, 0.15) is 28.7 Å². The fraction of sp³-hybridized carbons (Fsp3) is 0.286. The molecule has 0 saturated carbocycles. The second kappa shape index (κ2) is 6.89. The van der Waals surface area contributed by atoms with Crippen LogP contribution in [0.15, 0.2) is 29.8 Å². The van der Waals surface area contributed by atoms with E-state index in [1.807, 2.05) is 12.3 Å². The molecule has 0 atom stereocenters. The molecule has 0 amide bonds. The van der Waals surface area contributed by atoms with Crippen molar-refractivity contribution >= 4 is 17.6 Å². The Kier molecular flexibility index (Phi) is 4.92. The standard InChI is InChI=1S/C14H15NO3S/c1-2-6-17-12-4-3-11(9-16)13(8-12)18-10-14-15-5-7-19-14/h3-5,7-9H,2,6,10H2,1H3. The summed E-state index contributed by atoms with van der Waals surface area (Å²) in [6, 6.07) is 5.22. The first kappa shape index (κ1) is 13.5. The van der Waals surface area contributed by atoms with Gasteiger partial charge in [-0.05, 0) is 18.6 Å². The zero-order chi connectivity index (χ0) is 13.5. The minimum atomic E-state index is 0.357. The summed E-state index contributed by atoms with van der Waals surface area (Å²) in [5.41, 5.74) is 0.514. The lowest BCUT2D eigenvalue weighted by Crippen LogP contribution is -2.00. The normalized spacial score (nSPS) is 10.2. The maximum absolute atomic E-state index is 11.0. The largest absolute Gasteiger partial charge is 0.493 e. The molecule has 0 bridgehead atoms. The number of carbonyl (C=O) groups is 1. The van der Waals surface area contributed by atoms with Crippen LogP contribution in [0.25, 0.3) is 0 Å². The van der Waals surface area contributed by atoms with Crippen LogP contribution >= 0.6 is 11.3 Å². The van der Waals surface area contributed by atoms with Crippen molar-refractivity contribution < 1.29 is 14.3 Å². The molecule has 0 spiro atoms. The number of aldehydes is 1. The van der Waals surface area contributed by atoms with Gasteiger partial charge >= 0.3 is 0 Å². The van der Waals surface area contributed by atoms with Crippen LogP contribution < -0.4 is 9.47 Å². The maximum Gasteiger partial charge on any atom is 0.153 e. The summed E-state index contributed by atoms with van der Waals surface area (Å²) >= 11 is 1.52. The van der Waals surface area contributed by atoms with E-state index in [1.165, 1.54) is 11.3 Å². The lowest BCUT2D eigenvalue weighted by Gasteiger charge is -2.10. The second-order valence-electron chi connectivity index (χ2n) is 3.88. The molecule has 2 rings (SSSR count). The van der Waals surface area contributed by atoms with Crippen LogP contribution in [0.3, 0.4) is 0 Å². The molecule has 19 heavy (non-hydrogen) atoms. The molecule has 5 heteroatoms. The SMILES string of the molecule is CCCOc1ccc(C=O)c(OCc2nccs2)c1. The molecular weight excluding hydrogens is 262 g/mol. The van der Waals surface area contributed by atoms with Gasteiger partial charge in [-0.1, -0.05) is 6.92 Å². The van der Waals surface area contributed by atoms with Gasteiger partial charge in [0, 0.05) is 17.6 Å². The number of thiazole rings is 1. The molecule has 0 radical (unpaired) electrons. The van der Waals surface area contributed by atoms with Gasteiger partial charge in [0.05, 0.1) is 12.2 Å². The summed E-state index contributed by atoms with van der Waals surface area (Å²) in [5, 5.41) is 2.76. The molecule has 0 aliphatic carbocycles. The van der Waals surface area contributed by atoms with Crippen LogP contribution in [0.2, 0.25) is 0 Å². The highest BCUT2D eigenvalue weighted by Gasteiger charge is 2.06. The van der Waals surface area contributed by atoms with E-state index >= 15 is 0 Å². The van der Waals surface area contributed by atoms with E-state index in [9.17, 15) is 4.79 Å². The van der Waals surface area contributed by atoms with E-state index in [4.69, 9.17) is 9.47 Å². The predicted octanol–water partition coefficient (Wildman–Crippen LogP) is 3.32. The van der Waals surface area contributed by atoms with E-state index in [2.05, 4.69) is 4.98 Å². The van der Waals surface area contributed by atoms with Crippen molar-refractivity contribution in [2.45, 2.75) is 20.0 Å². The maximum atomic E-state index is 11.0. The molecule has 1 heterocycles. The van der Waals surface area contributed by atoms with Crippen molar-refractivity contribution in [3.8, 4) is 11.5 Å². The molecule has 1 aromatic carbocycles. The Morgan fingerprint density at radius 1 is 1.37 bits per heavy atom. The van der Waals surface area contributed by atoms with Crippen LogP contribution in [0.4, 0.5) is 0 Å². The van der Waals surface area contributed by atoms with Gasteiger partial charge < -0.3 is 9.47 Å². The molecule has 0 unspecified atom stereocenters. The fourth-order valence-electron chi connectivity index (χ4n) is 1.51. The van der Waals surface area contributed by atoms with Gasteiger partial charge in [-0.15, -0.1) is 11.3 Å².